The average Bonchev–Trinajstić information content (AvgIpc) is 3.49. The van der Waals surface area contributed by atoms with Crippen LogP contribution in [-0.2, 0) is 0 Å². The van der Waals surface area contributed by atoms with Gasteiger partial charge in [0, 0.05) is 24.0 Å². The summed E-state index contributed by atoms with van der Waals surface area (Å²) in [5.41, 5.74) is -0.471. The quantitative estimate of drug-likeness (QED) is 0.327. The number of aliphatic hydroxyl groups excluding tert-OH is 1. The summed E-state index contributed by atoms with van der Waals surface area (Å²) in [5, 5.41) is 22.0. The van der Waals surface area contributed by atoms with E-state index in [-0.39, 0.29) is 63.6 Å². The molecule has 3 saturated heterocycles. The van der Waals surface area contributed by atoms with Crippen molar-refractivity contribution < 1.29 is 28.5 Å². The molecule has 8 rings (SSSR count). The smallest absolute Gasteiger partial charge is 0.319 e. The number of fused-ring (bicyclic) bond motifs is 4. The maximum Gasteiger partial charge on any atom is 0.319 e. The number of halogens is 2. The predicted molar refractivity (Wildman–Crippen MR) is 160 cm³/mol. The highest BCUT2D eigenvalue weighted by Gasteiger charge is 2.49. The summed E-state index contributed by atoms with van der Waals surface area (Å²) in [6, 6.07) is 5.50. The molecule has 0 saturated carbocycles. The van der Waals surface area contributed by atoms with Crippen molar-refractivity contribution in [3.8, 4) is 41.2 Å². The van der Waals surface area contributed by atoms with Crippen LogP contribution in [0.2, 0.25) is 0 Å². The molecule has 226 valence electrons. The fourth-order valence-corrected chi connectivity index (χ4v) is 7.73. The van der Waals surface area contributed by atoms with Gasteiger partial charge in [-0.3, -0.25) is 4.90 Å². The number of anilines is 1. The first-order chi connectivity index (χ1) is 21.3. The van der Waals surface area contributed by atoms with E-state index in [4.69, 9.17) is 20.9 Å². The molecule has 9 nitrogen and oxygen atoms in total. The molecule has 11 heteroatoms. The minimum atomic E-state index is -0.785. The maximum absolute atomic E-state index is 16.9. The maximum atomic E-state index is 16.9. The van der Waals surface area contributed by atoms with E-state index in [2.05, 4.69) is 25.7 Å². The Morgan fingerprint density at radius 3 is 2.86 bits per heavy atom. The Kier molecular flexibility index (Phi) is 6.29. The molecule has 0 radical (unpaired) electrons. The van der Waals surface area contributed by atoms with Crippen LogP contribution in [0.4, 0.5) is 14.6 Å². The van der Waals surface area contributed by atoms with Gasteiger partial charge in [0.1, 0.15) is 47.2 Å². The Morgan fingerprint density at radius 2 is 2.00 bits per heavy atom. The molecular weight excluding hydrogens is 568 g/mol. The molecular formula is C33H31F2N5O4. The van der Waals surface area contributed by atoms with E-state index in [1.807, 2.05) is 0 Å². The number of terminal acetylenes is 1. The second kappa shape index (κ2) is 10.1. The van der Waals surface area contributed by atoms with E-state index in [9.17, 15) is 14.6 Å². The molecule has 4 aromatic rings. The molecule has 0 unspecified atom stereocenters. The Morgan fingerprint density at radius 1 is 1.11 bits per heavy atom. The van der Waals surface area contributed by atoms with Gasteiger partial charge in [-0.15, -0.1) is 6.42 Å². The van der Waals surface area contributed by atoms with Gasteiger partial charge in [0.25, 0.3) is 0 Å². The van der Waals surface area contributed by atoms with Crippen molar-refractivity contribution in [1.29, 1.82) is 0 Å². The number of aromatic hydroxyl groups is 1. The van der Waals surface area contributed by atoms with E-state index >= 15 is 4.39 Å². The van der Waals surface area contributed by atoms with Crippen LogP contribution in [0.3, 0.4) is 0 Å². The Balaban J connectivity index is 1.33. The van der Waals surface area contributed by atoms with Gasteiger partial charge in [0.2, 0.25) is 5.88 Å². The van der Waals surface area contributed by atoms with E-state index in [0.29, 0.717) is 42.7 Å². The molecule has 0 spiro atoms. The van der Waals surface area contributed by atoms with E-state index in [1.165, 1.54) is 24.3 Å². The highest BCUT2D eigenvalue weighted by Crippen LogP contribution is 2.45. The zero-order valence-corrected chi connectivity index (χ0v) is 24.0. The number of rotatable bonds is 4. The topological polar surface area (TPSA) is 104 Å². The number of phenols is 1. The Labute approximate surface area is 252 Å². The normalized spacial score (nSPS) is 24.5. The van der Waals surface area contributed by atoms with Crippen molar-refractivity contribution in [1.82, 2.24) is 19.9 Å². The number of β-amino-alcohol motifs (C(OH)–C–C–N with tert-alkyl or cyclic N) is 1. The number of nitrogens with zero attached hydrogens (tertiary/aromatic N) is 5. The molecule has 2 aromatic carbocycles. The molecule has 3 fully saturated rings. The number of hydrogen-bond acceptors (Lipinski definition) is 9. The third-order valence-electron chi connectivity index (χ3n) is 9.73. The Bertz CT molecular complexity index is 1880. The number of aromatic nitrogens is 3. The van der Waals surface area contributed by atoms with Crippen LogP contribution in [-0.4, -0.2) is 80.6 Å². The van der Waals surface area contributed by atoms with Gasteiger partial charge in [-0.25, -0.2) is 13.8 Å². The van der Waals surface area contributed by atoms with Gasteiger partial charge in [0.15, 0.2) is 5.82 Å². The first kappa shape index (κ1) is 27.3. The van der Waals surface area contributed by atoms with Crippen molar-refractivity contribution in [3.63, 3.8) is 0 Å². The predicted octanol–water partition coefficient (Wildman–Crippen LogP) is 4.54. The van der Waals surface area contributed by atoms with Crippen LogP contribution in [0.15, 0.2) is 24.3 Å². The largest absolute Gasteiger partial charge is 0.508 e. The Hall–Kier alpha value is -4.27. The summed E-state index contributed by atoms with van der Waals surface area (Å²) < 4.78 is 44.2. The third kappa shape index (κ3) is 4.15. The number of pyridine rings is 1. The van der Waals surface area contributed by atoms with Crippen molar-refractivity contribution in [2.75, 3.05) is 37.7 Å². The van der Waals surface area contributed by atoms with E-state index in [0.717, 1.165) is 38.6 Å². The van der Waals surface area contributed by atoms with Crippen LogP contribution < -0.4 is 14.4 Å². The van der Waals surface area contributed by atoms with Gasteiger partial charge >= 0.3 is 6.01 Å². The molecule has 0 amide bonds. The molecule has 0 bridgehead atoms. The lowest BCUT2D eigenvalue weighted by molar-refractivity contribution is 0.107. The lowest BCUT2D eigenvalue weighted by atomic mass is 9.94. The minimum Gasteiger partial charge on any atom is -0.508 e. The van der Waals surface area contributed by atoms with E-state index in [1.54, 1.807) is 0 Å². The summed E-state index contributed by atoms with van der Waals surface area (Å²) in [4.78, 5) is 18.4. The number of benzene rings is 2. The van der Waals surface area contributed by atoms with Crippen molar-refractivity contribution >= 4 is 27.5 Å². The van der Waals surface area contributed by atoms with Gasteiger partial charge in [-0.05, 0) is 68.7 Å². The summed E-state index contributed by atoms with van der Waals surface area (Å²) in [5.74, 6) is 1.46. The monoisotopic (exact) mass is 599 g/mol. The molecule has 6 heterocycles. The molecule has 2 N–H and O–H groups in total. The first-order valence-corrected chi connectivity index (χ1v) is 15.1. The number of aliphatic hydroxyl groups is 1. The van der Waals surface area contributed by atoms with Crippen molar-refractivity contribution in [2.24, 2.45) is 0 Å². The molecule has 3 atom stereocenters. The van der Waals surface area contributed by atoms with Crippen LogP contribution in [0.25, 0.3) is 32.9 Å². The number of phenolic OH excluding ortho intramolecular Hbond substituents is 1. The van der Waals surface area contributed by atoms with Gasteiger partial charge < -0.3 is 24.6 Å². The van der Waals surface area contributed by atoms with Crippen molar-refractivity contribution in [3.05, 3.63) is 41.5 Å². The van der Waals surface area contributed by atoms with Crippen LogP contribution in [0.5, 0.6) is 17.6 Å². The second-order valence-corrected chi connectivity index (χ2v) is 12.4. The molecule has 0 aliphatic carbocycles. The van der Waals surface area contributed by atoms with Crippen LogP contribution in [0.1, 0.15) is 44.1 Å². The highest BCUT2D eigenvalue weighted by molar-refractivity contribution is 6.04. The second-order valence-electron chi connectivity index (χ2n) is 12.4. The average molecular weight is 600 g/mol. The molecule has 44 heavy (non-hydrogen) atoms. The fraction of sp³-hybridized carbons (Fsp3) is 0.424. The van der Waals surface area contributed by atoms with Gasteiger partial charge in [-0.2, -0.15) is 9.97 Å². The lowest BCUT2D eigenvalue weighted by Crippen LogP contribution is -2.44. The van der Waals surface area contributed by atoms with E-state index < -0.39 is 17.7 Å². The fourth-order valence-electron chi connectivity index (χ4n) is 7.73. The van der Waals surface area contributed by atoms with Gasteiger partial charge in [0.05, 0.1) is 23.2 Å². The number of hydrogen-bond donors (Lipinski definition) is 2. The zero-order chi connectivity index (χ0) is 30.2. The van der Waals surface area contributed by atoms with Gasteiger partial charge in [-0.1, -0.05) is 12.0 Å². The molecule has 4 aliphatic heterocycles. The van der Waals surface area contributed by atoms with Crippen molar-refractivity contribution in [2.45, 2.75) is 56.2 Å². The summed E-state index contributed by atoms with van der Waals surface area (Å²) in [7, 11) is 0. The zero-order valence-electron chi connectivity index (χ0n) is 24.0. The summed E-state index contributed by atoms with van der Waals surface area (Å²) in [6.07, 6.45) is 10.6. The lowest BCUT2D eigenvalue weighted by Gasteiger charge is -2.35. The minimum absolute atomic E-state index is 0.00745. The SMILES string of the molecule is C#Cc1c(F)ccc2cc(O)cc(-c3nc4c5c(nc(OC[C@@]67CCCN6C[C@@H](O)C7)nc5c3F)N3CCCC[C@H]3CO4)c12. The highest BCUT2D eigenvalue weighted by atomic mass is 19.1. The summed E-state index contributed by atoms with van der Waals surface area (Å²) >= 11 is 0. The molecule has 2 aromatic heterocycles. The molecule has 4 aliphatic rings. The summed E-state index contributed by atoms with van der Waals surface area (Å²) in [6.45, 7) is 2.80. The number of ether oxygens (including phenoxy) is 2. The standard InChI is InChI=1S/C33H31F2N5O4/c1-2-22-24(34)8-7-18-12-20(41)13-23(25(18)22)28-27(35)29-26-30(40-11-4-3-6-19(40)16-43-31(26)36-28)38-32(37-29)44-17-33-9-5-10-39(33)15-21(42)14-33/h1,7-8,12-13,19,21,41-42H,3-6,9-11,14-17H2/t19-,21-,33-/m0/s1. The number of piperidine rings is 1. The first-order valence-electron chi connectivity index (χ1n) is 15.1. The third-order valence-corrected chi connectivity index (χ3v) is 9.73. The van der Waals surface area contributed by atoms with Crippen LogP contribution in [0, 0.1) is 24.0 Å². The van der Waals surface area contributed by atoms with Crippen LogP contribution >= 0.6 is 0 Å².